The van der Waals surface area contributed by atoms with Crippen LogP contribution in [0.5, 0.6) is 0 Å². The molecule has 4 rings (SSSR count). The predicted octanol–water partition coefficient (Wildman–Crippen LogP) is 6.32. The summed E-state index contributed by atoms with van der Waals surface area (Å²) < 4.78 is 57.1. The number of sulfonamides is 2. The molecule has 0 bridgehead atoms. The van der Waals surface area contributed by atoms with Gasteiger partial charge >= 0.3 is 0 Å². The molecule has 0 aliphatic carbocycles. The van der Waals surface area contributed by atoms with E-state index in [1.54, 1.807) is 41.8 Å². The molecule has 11 heteroatoms. The van der Waals surface area contributed by atoms with Gasteiger partial charge in [0.05, 0.1) is 26.3 Å². The minimum absolute atomic E-state index is 0.0225. The van der Waals surface area contributed by atoms with Crippen molar-refractivity contribution in [3.63, 3.8) is 0 Å². The van der Waals surface area contributed by atoms with Crippen molar-refractivity contribution in [3.8, 4) is 11.1 Å². The average Bonchev–Trinajstić information content (AvgIpc) is 3.34. The number of halogens is 2. The first kappa shape index (κ1) is 23.6. The molecule has 0 radical (unpaired) electrons. The largest absolute Gasteiger partial charge is 0.277 e. The highest BCUT2D eigenvalue weighted by Gasteiger charge is 2.24. The molecule has 0 unspecified atom stereocenters. The lowest BCUT2D eigenvalue weighted by Crippen LogP contribution is -2.18. The number of hydrogen-bond acceptors (Lipinski definition) is 5. The molecule has 1 heterocycles. The van der Waals surface area contributed by atoms with E-state index in [0.717, 1.165) is 11.3 Å². The van der Waals surface area contributed by atoms with Crippen molar-refractivity contribution in [1.82, 2.24) is 0 Å². The van der Waals surface area contributed by atoms with Crippen molar-refractivity contribution in [2.75, 3.05) is 9.44 Å². The van der Waals surface area contributed by atoms with Gasteiger partial charge in [0, 0.05) is 5.56 Å². The molecule has 1 aromatic heterocycles. The van der Waals surface area contributed by atoms with Crippen LogP contribution in [-0.2, 0) is 20.0 Å². The van der Waals surface area contributed by atoms with Gasteiger partial charge in [-0.05, 0) is 35.2 Å². The van der Waals surface area contributed by atoms with E-state index in [2.05, 4.69) is 9.44 Å². The summed E-state index contributed by atoms with van der Waals surface area (Å²) in [6, 6.07) is 21.1. The Bertz CT molecular complexity index is 1510. The fourth-order valence-corrected chi connectivity index (χ4v) is 6.78. The molecule has 0 saturated carbocycles. The normalized spacial score (nSPS) is 11.8. The molecular formula is C22H16Cl2N2O4S3. The van der Waals surface area contributed by atoms with Crippen molar-refractivity contribution in [3.05, 3.63) is 94.3 Å². The third-order valence-electron chi connectivity index (χ3n) is 4.57. The van der Waals surface area contributed by atoms with Crippen LogP contribution in [0.4, 0.5) is 11.4 Å². The molecular weight excluding hydrogens is 523 g/mol. The lowest BCUT2D eigenvalue weighted by molar-refractivity contribution is 0.600. The van der Waals surface area contributed by atoms with Crippen LogP contribution in [0.15, 0.2) is 93.3 Å². The van der Waals surface area contributed by atoms with Gasteiger partial charge in [0.1, 0.15) is 4.21 Å². The summed E-state index contributed by atoms with van der Waals surface area (Å²) in [4.78, 5) is 0.0225. The third-order valence-corrected chi connectivity index (χ3v) is 9.48. The van der Waals surface area contributed by atoms with E-state index < -0.39 is 20.0 Å². The highest BCUT2D eigenvalue weighted by Crippen LogP contribution is 2.36. The first-order valence-corrected chi connectivity index (χ1v) is 14.0. The molecule has 6 nitrogen and oxygen atoms in total. The van der Waals surface area contributed by atoms with Gasteiger partial charge in [-0.25, -0.2) is 16.8 Å². The molecule has 3 aromatic carbocycles. The number of hydrogen-bond donors (Lipinski definition) is 2. The standard InChI is InChI=1S/C22H16Cl2N2O4S3/c23-17-13-19(20(14-18(17)24)26-33(29,30)22-11-6-12-31-22)25-32(27,28)21-10-5-4-9-16(21)15-7-2-1-3-8-15/h1-14,25-26H. The zero-order valence-electron chi connectivity index (χ0n) is 16.7. The lowest BCUT2D eigenvalue weighted by Gasteiger charge is -2.17. The molecule has 0 atom stereocenters. The number of nitrogens with one attached hydrogen (secondary N) is 2. The van der Waals surface area contributed by atoms with Gasteiger partial charge < -0.3 is 0 Å². The maximum atomic E-state index is 13.4. The number of rotatable bonds is 7. The zero-order chi connectivity index (χ0) is 23.6. The molecule has 0 saturated heterocycles. The smallest absolute Gasteiger partial charge is 0.271 e. The van der Waals surface area contributed by atoms with Gasteiger partial charge in [-0.1, -0.05) is 77.8 Å². The van der Waals surface area contributed by atoms with Gasteiger partial charge in [0.25, 0.3) is 20.0 Å². The summed E-state index contributed by atoms with van der Waals surface area (Å²) >= 11 is 13.2. The Morgan fingerprint density at radius 2 is 1.24 bits per heavy atom. The summed E-state index contributed by atoms with van der Waals surface area (Å²) in [6.07, 6.45) is 0. The highest BCUT2D eigenvalue weighted by molar-refractivity contribution is 7.94. The Balaban J connectivity index is 1.77. The molecule has 0 aliphatic heterocycles. The van der Waals surface area contributed by atoms with E-state index in [9.17, 15) is 16.8 Å². The Labute approximate surface area is 205 Å². The van der Waals surface area contributed by atoms with E-state index in [1.165, 1.54) is 24.3 Å². The van der Waals surface area contributed by atoms with E-state index in [1.807, 2.05) is 18.2 Å². The fourth-order valence-electron chi connectivity index (χ4n) is 3.08. The van der Waals surface area contributed by atoms with Crippen LogP contribution in [-0.4, -0.2) is 16.8 Å². The number of anilines is 2. The van der Waals surface area contributed by atoms with Crippen LogP contribution in [0, 0.1) is 0 Å². The first-order chi connectivity index (χ1) is 15.7. The minimum atomic E-state index is -4.14. The highest BCUT2D eigenvalue weighted by atomic mass is 35.5. The number of benzene rings is 3. The Hall–Kier alpha value is -2.56. The molecule has 0 fully saturated rings. The van der Waals surface area contributed by atoms with Crippen molar-refractivity contribution < 1.29 is 16.8 Å². The van der Waals surface area contributed by atoms with Gasteiger partial charge in [-0.15, -0.1) is 11.3 Å². The summed E-state index contributed by atoms with van der Waals surface area (Å²) in [7, 11) is -8.10. The fraction of sp³-hybridized carbons (Fsp3) is 0. The van der Waals surface area contributed by atoms with Crippen LogP contribution >= 0.6 is 34.5 Å². The molecule has 0 amide bonds. The van der Waals surface area contributed by atoms with Gasteiger partial charge in [0.2, 0.25) is 0 Å². The van der Waals surface area contributed by atoms with Crippen molar-refractivity contribution >= 4 is 66.0 Å². The summed E-state index contributed by atoms with van der Waals surface area (Å²) in [5, 5.41) is 1.74. The topological polar surface area (TPSA) is 92.3 Å². The monoisotopic (exact) mass is 538 g/mol. The Morgan fingerprint density at radius 1 is 0.667 bits per heavy atom. The summed E-state index contributed by atoms with van der Waals surface area (Å²) in [5.41, 5.74) is 1.09. The SMILES string of the molecule is O=S(=O)(Nc1cc(Cl)c(Cl)cc1NS(=O)(=O)c1ccccc1-c1ccccc1)c1cccs1. The second kappa shape index (κ2) is 9.36. The minimum Gasteiger partial charge on any atom is -0.277 e. The average molecular weight is 539 g/mol. The second-order valence-electron chi connectivity index (χ2n) is 6.82. The molecule has 0 spiro atoms. The number of thiophene rings is 1. The second-order valence-corrected chi connectivity index (χ2v) is 12.1. The van der Waals surface area contributed by atoms with E-state index >= 15 is 0 Å². The van der Waals surface area contributed by atoms with E-state index in [-0.39, 0.29) is 30.5 Å². The van der Waals surface area contributed by atoms with Crippen LogP contribution < -0.4 is 9.44 Å². The van der Waals surface area contributed by atoms with Crippen LogP contribution in [0.2, 0.25) is 10.0 Å². The van der Waals surface area contributed by atoms with Gasteiger partial charge in [0.15, 0.2) is 0 Å². The van der Waals surface area contributed by atoms with Crippen LogP contribution in [0.3, 0.4) is 0 Å². The quantitative estimate of drug-likeness (QED) is 0.287. The Morgan fingerprint density at radius 3 is 1.85 bits per heavy atom. The summed E-state index contributed by atoms with van der Waals surface area (Å²) in [6.45, 7) is 0. The molecule has 2 N–H and O–H groups in total. The predicted molar refractivity (Wildman–Crippen MR) is 134 cm³/mol. The van der Waals surface area contributed by atoms with Gasteiger partial charge in [-0.2, -0.15) is 0 Å². The zero-order valence-corrected chi connectivity index (χ0v) is 20.7. The first-order valence-electron chi connectivity index (χ1n) is 9.40. The van der Waals surface area contributed by atoms with Gasteiger partial charge in [-0.3, -0.25) is 9.44 Å². The molecule has 170 valence electrons. The van der Waals surface area contributed by atoms with E-state index in [0.29, 0.717) is 11.1 Å². The lowest BCUT2D eigenvalue weighted by atomic mass is 10.1. The van der Waals surface area contributed by atoms with Crippen molar-refractivity contribution in [2.24, 2.45) is 0 Å². The summed E-state index contributed by atoms with van der Waals surface area (Å²) in [5.74, 6) is 0. The Kier molecular flexibility index (Phi) is 6.69. The van der Waals surface area contributed by atoms with Crippen LogP contribution in [0.25, 0.3) is 11.1 Å². The van der Waals surface area contributed by atoms with Crippen LogP contribution in [0.1, 0.15) is 0 Å². The molecule has 33 heavy (non-hydrogen) atoms. The van der Waals surface area contributed by atoms with Crippen molar-refractivity contribution in [2.45, 2.75) is 9.10 Å². The third kappa shape index (κ3) is 5.18. The van der Waals surface area contributed by atoms with E-state index in [4.69, 9.17) is 23.2 Å². The maximum absolute atomic E-state index is 13.4. The van der Waals surface area contributed by atoms with Crippen molar-refractivity contribution in [1.29, 1.82) is 0 Å². The molecule has 4 aromatic rings. The maximum Gasteiger partial charge on any atom is 0.271 e. The molecule has 0 aliphatic rings.